The van der Waals surface area contributed by atoms with E-state index in [-0.39, 0.29) is 6.04 Å². The zero-order chi connectivity index (χ0) is 14.1. The number of ether oxygens (including phenoxy) is 2. The quantitative estimate of drug-likeness (QED) is 0.698. The summed E-state index contributed by atoms with van der Waals surface area (Å²) in [6.07, 6.45) is 2.78. The zero-order valence-corrected chi connectivity index (χ0v) is 12.4. The van der Waals surface area contributed by atoms with Gasteiger partial charge in [0, 0.05) is 25.7 Å². The average molecular weight is 265 g/mol. The van der Waals surface area contributed by atoms with Crippen LogP contribution in [-0.2, 0) is 11.2 Å². The van der Waals surface area contributed by atoms with Gasteiger partial charge in [-0.1, -0.05) is 25.1 Å². The highest BCUT2D eigenvalue weighted by Crippen LogP contribution is 2.25. The first-order valence-corrected chi connectivity index (χ1v) is 7.23. The van der Waals surface area contributed by atoms with Gasteiger partial charge in [0.05, 0.1) is 6.61 Å². The highest BCUT2D eigenvalue weighted by atomic mass is 16.5. The Balaban J connectivity index is 2.59. The van der Waals surface area contributed by atoms with Crippen molar-refractivity contribution in [1.29, 1.82) is 0 Å². The molecule has 0 heterocycles. The summed E-state index contributed by atoms with van der Waals surface area (Å²) in [5, 5.41) is 0. The molecule has 0 aliphatic carbocycles. The monoisotopic (exact) mass is 265 g/mol. The van der Waals surface area contributed by atoms with Gasteiger partial charge in [-0.05, 0) is 37.8 Å². The third-order valence-electron chi connectivity index (χ3n) is 3.18. The second-order valence-corrected chi connectivity index (χ2v) is 4.83. The molecule has 0 aromatic heterocycles. The lowest BCUT2D eigenvalue weighted by atomic mass is 10.0. The molecule has 0 amide bonds. The van der Waals surface area contributed by atoms with Crippen LogP contribution in [0, 0.1) is 6.92 Å². The summed E-state index contributed by atoms with van der Waals surface area (Å²) in [6.45, 7) is 8.42. The van der Waals surface area contributed by atoms with Crippen molar-refractivity contribution in [2.45, 2.75) is 46.1 Å². The minimum Gasteiger partial charge on any atom is -0.493 e. The van der Waals surface area contributed by atoms with E-state index in [9.17, 15) is 0 Å². The predicted molar refractivity (Wildman–Crippen MR) is 79.8 cm³/mol. The summed E-state index contributed by atoms with van der Waals surface area (Å²) in [4.78, 5) is 0. The molecule has 0 aliphatic heterocycles. The number of aryl methyl sites for hydroxylation is 1. The normalized spacial score (nSPS) is 12.4. The number of hydrogen-bond donors (Lipinski definition) is 1. The molecule has 19 heavy (non-hydrogen) atoms. The maximum Gasteiger partial charge on any atom is 0.125 e. The van der Waals surface area contributed by atoms with E-state index in [0.717, 1.165) is 38.2 Å². The first kappa shape index (κ1) is 16.0. The maximum absolute atomic E-state index is 6.04. The Hall–Kier alpha value is -1.06. The van der Waals surface area contributed by atoms with Gasteiger partial charge in [-0.2, -0.15) is 0 Å². The zero-order valence-electron chi connectivity index (χ0n) is 12.4. The number of nitrogens with two attached hydrogens (primary N) is 1. The molecular formula is C16H27NO2. The molecule has 0 radical (unpaired) electrons. The predicted octanol–water partition coefficient (Wildman–Crippen LogP) is 3.08. The SMILES string of the molecule is CCOCCCOc1c(C)cccc1CC(N)CC. The lowest BCUT2D eigenvalue weighted by molar-refractivity contribution is 0.130. The molecule has 1 atom stereocenters. The maximum atomic E-state index is 6.04. The van der Waals surface area contributed by atoms with Crippen LogP contribution in [0.15, 0.2) is 18.2 Å². The van der Waals surface area contributed by atoms with Gasteiger partial charge in [0.15, 0.2) is 0 Å². The van der Waals surface area contributed by atoms with E-state index >= 15 is 0 Å². The second kappa shape index (κ2) is 8.94. The largest absolute Gasteiger partial charge is 0.493 e. The van der Waals surface area contributed by atoms with E-state index in [1.807, 2.05) is 6.92 Å². The number of para-hydroxylation sites is 1. The number of benzene rings is 1. The van der Waals surface area contributed by atoms with Crippen LogP contribution in [0.5, 0.6) is 5.75 Å². The summed E-state index contributed by atoms with van der Waals surface area (Å²) < 4.78 is 11.2. The van der Waals surface area contributed by atoms with Crippen LogP contribution < -0.4 is 10.5 Å². The Morgan fingerprint density at radius 1 is 1.21 bits per heavy atom. The molecule has 1 aromatic carbocycles. The Labute approximate surface area is 117 Å². The second-order valence-electron chi connectivity index (χ2n) is 4.83. The average Bonchev–Trinajstić information content (AvgIpc) is 2.41. The molecule has 3 heteroatoms. The Morgan fingerprint density at radius 2 is 2.00 bits per heavy atom. The number of hydrogen-bond acceptors (Lipinski definition) is 3. The minimum atomic E-state index is 0.201. The van der Waals surface area contributed by atoms with Gasteiger partial charge in [0.1, 0.15) is 5.75 Å². The van der Waals surface area contributed by atoms with Gasteiger partial charge in [-0.15, -0.1) is 0 Å². The fourth-order valence-corrected chi connectivity index (χ4v) is 1.99. The van der Waals surface area contributed by atoms with Gasteiger partial charge in [0.25, 0.3) is 0 Å². The summed E-state index contributed by atoms with van der Waals surface area (Å²) in [6, 6.07) is 6.46. The van der Waals surface area contributed by atoms with Crippen molar-refractivity contribution >= 4 is 0 Å². The van der Waals surface area contributed by atoms with E-state index in [2.05, 4.69) is 32.0 Å². The molecule has 0 fully saturated rings. The van der Waals surface area contributed by atoms with Crippen molar-refractivity contribution in [3.8, 4) is 5.75 Å². The topological polar surface area (TPSA) is 44.5 Å². The molecule has 108 valence electrons. The van der Waals surface area contributed by atoms with E-state index in [1.54, 1.807) is 0 Å². The molecule has 3 nitrogen and oxygen atoms in total. The van der Waals surface area contributed by atoms with Gasteiger partial charge >= 0.3 is 0 Å². The van der Waals surface area contributed by atoms with Crippen LogP contribution in [-0.4, -0.2) is 25.9 Å². The summed E-state index contributed by atoms with van der Waals surface area (Å²) in [7, 11) is 0. The Morgan fingerprint density at radius 3 is 2.68 bits per heavy atom. The molecule has 1 unspecified atom stereocenters. The Bertz CT molecular complexity index is 366. The van der Waals surface area contributed by atoms with E-state index in [0.29, 0.717) is 6.61 Å². The summed E-state index contributed by atoms with van der Waals surface area (Å²) in [5.74, 6) is 1.00. The molecule has 0 spiro atoms. The van der Waals surface area contributed by atoms with Crippen molar-refractivity contribution in [2.75, 3.05) is 19.8 Å². The van der Waals surface area contributed by atoms with Crippen molar-refractivity contribution < 1.29 is 9.47 Å². The molecule has 1 rings (SSSR count). The van der Waals surface area contributed by atoms with Crippen molar-refractivity contribution in [3.63, 3.8) is 0 Å². The van der Waals surface area contributed by atoms with Crippen LogP contribution in [0.2, 0.25) is 0 Å². The van der Waals surface area contributed by atoms with Crippen molar-refractivity contribution in [2.24, 2.45) is 5.73 Å². The minimum absolute atomic E-state index is 0.201. The van der Waals surface area contributed by atoms with Gasteiger partial charge in [0.2, 0.25) is 0 Å². The Kier molecular flexibility index (Phi) is 7.53. The van der Waals surface area contributed by atoms with E-state index < -0.39 is 0 Å². The fraction of sp³-hybridized carbons (Fsp3) is 0.625. The van der Waals surface area contributed by atoms with Crippen LogP contribution >= 0.6 is 0 Å². The van der Waals surface area contributed by atoms with Crippen molar-refractivity contribution in [3.05, 3.63) is 29.3 Å². The van der Waals surface area contributed by atoms with Crippen LogP contribution in [0.4, 0.5) is 0 Å². The summed E-state index contributed by atoms with van der Waals surface area (Å²) >= 11 is 0. The fourth-order valence-electron chi connectivity index (χ4n) is 1.99. The first-order valence-electron chi connectivity index (χ1n) is 7.23. The highest BCUT2D eigenvalue weighted by molar-refractivity contribution is 5.41. The first-order chi connectivity index (χ1) is 9.19. The van der Waals surface area contributed by atoms with Gasteiger partial charge < -0.3 is 15.2 Å². The van der Waals surface area contributed by atoms with E-state index in [4.69, 9.17) is 15.2 Å². The lowest BCUT2D eigenvalue weighted by Gasteiger charge is -2.16. The lowest BCUT2D eigenvalue weighted by Crippen LogP contribution is -2.22. The molecule has 0 bridgehead atoms. The van der Waals surface area contributed by atoms with Crippen LogP contribution in [0.25, 0.3) is 0 Å². The summed E-state index contributed by atoms with van der Waals surface area (Å²) in [5.41, 5.74) is 8.43. The molecule has 0 saturated heterocycles. The molecule has 2 N–H and O–H groups in total. The third kappa shape index (κ3) is 5.62. The third-order valence-corrected chi connectivity index (χ3v) is 3.18. The molecule has 0 saturated carbocycles. The standard InChI is InChI=1S/C16H27NO2/c1-4-15(17)12-14-9-6-8-13(3)16(14)19-11-7-10-18-5-2/h6,8-9,15H,4-5,7,10-12,17H2,1-3H3. The van der Waals surface area contributed by atoms with E-state index in [1.165, 1.54) is 11.1 Å². The van der Waals surface area contributed by atoms with Crippen molar-refractivity contribution in [1.82, 2.24) is 0 Å². The van der Waals surface area contributed by atoms with Crippen LogP contribution in [0.1, 0.15) is 37.8 Å². The molecular weight excluding hydrogens is 238 g/mol. The smallest absolute Gasteiger partial charge is 0.125 e. The van der Waals surface area contributed by atoms with Gasteiger partial charge in [-0.3, -0.25) is 0 Å². The number of rotatable bonds is 9. The molecule has 0 aliphatic rings. The van der Waals surface area contributed by atoms with Crippen LogP contribution in [0.3, 0.4) is 0 Å². The van der Waals surface area contributed by atoms with Gasteiger partial charge in [-0.25, -0.2) is 0 Å². The highest BCUT2D eigenvalue weighted by Gasteiger charge is 2.10. The molecule has 1 aromatic rings.